The third-order valence-electron chi connectivity index (χ3n) is 7.38. The van der Waals surface area contributed by atoms with E-state index in [1.54, 1.807) is 12.1 Å². The Kier molecular flexibility index (Phi) is 6.14. The zero-order valence-electron chi connectivity index (χ0n) is 21.2. The van der Waals surface area contributed by atoms with Crippen LogP contribution in [0.25, 0.3) is 16.6 Å². The quantitative estimate of drug-likeness (QED) is 0.271. The van der Waals surface area contributed by atoms with Crippen molar-refractivity contribution in [1.29, 1.82) is 0 Å². The molecule has 13 heteroatoms. The van der Waals surface area contributed by atoms with Crippen molar-refractivity contribution >= 4 is 50.7 Å². The second-order valence-electron chi connectivity index (χ2n) is 10.1. The molecule has 2 aromatic carbocycles. The fraction of sp³-hybridized carbons (Fsp3) is 0.296. The van der Waals surface area contributed by atoms with Crippen molar-refractivity contribution in [3.8, 4) is 5.69 Å². The van der Waals surface area contributed by atoms with Crippen LogP contribution in [0.15, 0.2) is 56.8 Å². The first-order valence-corrected chi connectivity index (χ1v) is 13.6. The number of aromatic nitrogens is 3. The Labute approximate surface area is 238 Å². The van der Waals surface area contributed by atoms with Gasteiger partial charge in [-0.2, -0.15) is 0 Å². The number of nitrogens with one attached hydrogen (secondary N) is 2. The maximum absolute atomic E-state index is 14.8. The van der Waals surface area contributed by atoms with Crippen LogP contribution in [-0.2, 0) is 7.05 Å². The molecule has 0 amide bonds. The Balaban J connectivity index is 1.63. The van der Waals surface area contributed by atoms with Crippen LogP contribution in [0.5, 0.6) is 0 Å². The standard InChI is InChI=1S/C27H23F3IN5O4/c1-12-20-19(23(34(2)24(12)38)33-18-9-6-13(31)10-17(18)28)25(39)36(15-7-8-15)26(40)35(20)16-5-3-4-14(11-16)32-21-22(37)27(21,29)30/h3-6,9-11,15,21-22,32-33,37H,7-8H2,1-2H3/t21-,22+/m0/s1. The number of aliphatic hydroxyl groups is 1. The second-order valence-corrected chi connectivity index (χ2v) is 11.4. The largest absolute Gasteiger partial charge is 0.384 e. The summed E-state index contributed by atoms with van der Waals surface area (Å²) in [6.45, 7) is 1.49. The van der Waals surface area contributed by atoms with Crippen molar-refractivity contribution in [2.75, 3.05) is 10.6 Å². The van der Waals surface area contributed by atoms with Gasteiger partial charge in [-0.25, -0.2) is 18.0 Å². The number of hydrogen-bond acceptors (Lipinski definition) is 6. The SMILES string of the molecule is Cc1c(=O)n(C)c(Nc2ccc(I)cc2F)c2c(=O)n(C3CC3)c(=O)n(-c3cccc(N[C@H]4[C@@H](O)C4(F)F)c3)c12. The fourth-order valence-corrected chi connectivity index (χ4v) is 5.43. The van der Waals surface area contributed by atoms with Gasteiger partial charge in [0.15, 0.2) is 0 Å². The summed E-state index contributed by atoms with van der Waals surface area (Å²) in [5.41, 5.74) is -1.24. The number of anilines is 3. The lowest BCUT2D eigenvalue weighted by molar-refractivity contribution is 0.0564. The molecule has 2 aliphatic carbocycles. The smallest absolute Gasteiger partial charge is 0.336 e. The maximum Gasteiger partial charge on any atom is 0.336 e. The molecule has 0 bridgehead atoms. The van der Waals surface area contributed by atoms with E-state index in [-0.39, 0.29) is 45.4 Å². The van der Waals surface area contributed by atoms with Gasteiger partial charge in [0.2, 0.25) is 0 Å². The lowest BCUT2D eigenvalue weighted by Crippen LogP contribution is -2.41. The zero-order chi connectivity index (χ0) is 28.7. The summed E-state index contributed by atoms with van der Waals surface area (Å²) in [4.78, 5) is 41.1. The molecule has 2 aromatic heterocycles. The van der Waals surface area contributed by atoms with Gasteiger partial charge in [0.25, 0.3) is 17.0 Å². The van der Waals surface area contributed by atoms with Crippen molar-refractivity contribution in [1.82, 2.24) is 13.7 Å². The van der Waals surface area contributed by atoms with Crippen LogP contribution < -0.4 is 27.4 Å². The number of halogens is 4. The van der Waals surface area contributed by atoms with Gasteiger partial charge in [0.1, 0.15) is 29.2 Å². The van der Waals surface area contributed by atoms with Gasteiger partial charge < -0.3 is 15.7 Å². The van der Waals surface area contributed by atoms with Crippen LogP contribution in [0.2, 0.25) is 0 Å². The molecular formula is C27H23F3IN5O4. The Hall–Kier alpha value is -3.59. The van der Waals surface area contributed by atoms with E-state index in [0.29, 0.717) is 16.4 Å². The molecule has 2 aliphatic rings. The molecule has 2 atom stereocenters. The summed E-state index contributed by atoms with van der Waals surface area (Å²) in [7, 11) is 1.45. The normalized spacial score (nSPS) is 19.6. The van der Waals surface area contributed by atoms with Crippen molar-refractivity contribution in [3.63, 3.8) is 0 Å². The Bertz CT molecular complexity index is 1900. The molecule has 0 radical (unpaired) electrons. The molecular weight excluding hydrogens is 642 g/mol. The van der Waals surface area contributed by atoms with Crippen LogP contribution in [0.3, 0.4) is 0 Å². The molecule has 9 nitrogen and oxygen atoms in total. The number of benzene rings is 2. The number of fused-ring (bicyclic) bond motifs is 1. The zero-order valence-corrected chi connectivity index (χ0v) is 23.4. The van der Waals surface area contributed by atoms with Crippen molar-refractivity contribution in [3.05, 3.63) is 88.6 Å². The fourth-order valence-electron chi connectivity index (χ4n) is 4.97. The number of nitrogens with zero attached hydrogens (tertiary/aromatic N) is 3. The highest BCUT2D eigenvalue weighted by molar-refractivity contribution is 14.1. The highest BCUT2D eigenvalue weighted by Gasteiger charge is 2.68. The summed E-state index contributed by atoms with van der Waals surface area (Å²) in [5.74, 6) is -3.87. The summed E-state index contributed by atoms with van der Waals surface area (Å²) in [6.07, 6.45) is -0.621. The third kappa shape index (κ3) is 4.13. The van der Waals surface area contributed by atoms with Gasteiger partial charge in [0.05, 0.1) is 16.9 Å². The van der Waals surface area contributed by atoms with Crippen molar-refractivity contribution < 1.29 is 18.3 Å². The van der Waals surface area contributed by atoms with E-state index < -0.39 is 40.7 Å². The maximum atomic E-state index is 14.8. The van der Waals surface area contributed by atoms with E-state index in [9.17, 15) is 32.7 Å². The molecule has 2 heterocycles. The topological polar surface area (TPSA) is 110 Å². The average molecular weight is 665 g/mol. The van der Waals surface area contributed by atoms with E-state index in [1.165, 1.54) is 53.4 Å². The first-order chi connectivity index (χ1) is 18.9. The van der Waals surface area contributed by atoms with Crippen LogP contribution in [0.4, 0.5) is 30.4 Å². The average Bonchev–Trinajstić information content (AvgIpc) is 3.81. The van der Waals surface area contributed by atoms with E-state index >= 15 is 0 Å². The molecule has 3 N–H and O–H groups in total. The Morgan fingerprint density at radius 3 is 2.40 bits per heavy atom. The number of hydrogen-bond donors (Lipinski definition) is 3. The highest BCUT2D eigenvalue weighted by Crippen LogP contribution is 2.44. The number of alkyl halides is 2. The van der Waals surface area contributed by atoms with E-state index in [0.717, 1.165) is 4.57 Å². The predicted molar refractivity (Wildman–Crippen MR) is 153 cm³/mol. The first kappa shape index (κ1) is 26.6. The minimum absolute atomic E-state index is 0.00607. The number of rotatable bonds is 6. The third-order valence-corrected chi connectivity index (χ3v) is 8.05. The van der Waals surface area contributed by atoms with E-state index in [2.05, 4.69) is 10.6 Å². The molecule has 0 saturated heterocycles. The van der Waals surface area contributed by atoms with Gasteiger partial charge in [-0.15, -0.1) is 0 Å². The number of pyridine rings is 1. The van der Waals surface area contributed by atoms with Gasteiger partial charge in [-0.1, -0.05) is 6.07 Å². The van der Waals surface area contributed by atoms with Gasteiger partial charge in [0, 0.05) is 27.9 Å². The van der Waals surface area contributed by atoms with Crippen LogP contribution in [0.1, 0.15) is 24.4 Å². The van der Waals surface area contributed by atoms with Crippen LogP contribution in [-0.4, -0.2) is 36.9 Å². The Morgan fingerprint density at radius 1 is 1.07 bits per heavy atom. The summed E-state index contributed by atoms with van der Waals surface area (Å²) < 4.78 is 46.4. The second kappa shape index (κ2) is 9.23. The van der Waals surface area contributed by atoms with E-state index in [4.69, 9.17) is 0 Å². The molecule has 2 saturated carbocycles. The van der Waals surface area contributed by atoms with Crippen LogP contribution in [0, 0.1) is 16.3 Å². The van der Waals surface area contributed by atoms with E-state index in [1.807, 2.05) is 22.6 Å². The highest BCUT2D eigenvalue weighted by atomic mass is 127. The van der Waals surface area contributed by atoms with Gasteiger partial charge in [-0.05, 0) is 78.8 Å². The number of aryl methyl sites for hydroxylation is 1. The lowest BCUT2D eigenvalue weighted by Gasteiger charge is -2.21. The Morgan fingerprint density at radius 2 is 1.77 bits per heavy atom. The molecule has 208 valence electrons. The lowest BCUT2D eigenvalue weighted by atomic mass is 10.1. The molecule has 0 spiro atoms. The van der Waals surface area contributed by atoms with Crippen molar-refractivity contribution in [2.45, 2.75) is 43.9 Å². The molecule has 2 fully saturated rings. The molecule has 0 aliphatic heterocycles. The molecule has 0 unspecified atom stereocenters. The predicted octanol–water partition coefficient (Wildman–Crippen LogP) is 3.77. The summed E-state index contributed by atoms with van der Waals surface area (Å²) in [6, 6.07) is 8.65. The summed E-state index contributed by atoms with van der Waals surface area (Å²) >= 11 is 1.96. The molecule has 6 rings (SSSR count). The first-order valence-electron chi connectivity index (χ1n) is 12.5. The monoisotopic (exact) mass is 665 g/mol. The summed E-state index contributed by atoms with van der Waals surface area (Å²) in [5, 5.41) is 15.0. The van der Waals surface area contributed by atoms with Crippen molar-refractivity contribution in [2.24, 2.45) is 7.05 Å². The molecule has 4 aromatic rings. The van der Waals surface area contributed by atoms with Crippen LogP contribution >= 0.6 is 22.6 Å². The minimum atomic E-state index is -3.28. The van der Waals surface area contributed by atoms with Gasteiger partial charge >= 0.3 is 5.69 Å². The molecule has 40 heavy (non-hydrogen) atoms. The number of aliphatic hydroxyl groups excluding tert-OH is 1. The minimum Gasteiger partial charge on any atom is -0.384 e. The van der Waals surface area contributed by atoms with Gasteiger partial charge in [-0.3, -0.25) is 23.3 Å².